The van der Waals surface area contributed by atoms with Gasteiger partial charge in [0, 0.05) is 44.0 Å². The standard InChI is InChI=1S/C17H28N4/c1-13(2)18-10-14-4-7-17(19-11-14)21-9-8-15-5-6-16(12-21)20(15)3/h4,7,11,13,15-16,18H,5-6,8-10,12H2,1-3H3. The summed E-state index contributed by atoms with van der Waals surface area (Å²) in [4.78, 5) is 9.75. The smallest absolute Gasteiger partial charge is 0.128 e. The van der Waals surface area contributed by atoms with Gasteiger partial charge >= 0.3 is 0 Å². The lowest BCUT2D eigenvalue weighted by atomic mass is 10.1. The molecule has 2 fully saturated rings. The highest BCUT2D eigenvalue weighted by Crippen LogP contribution is 2.30. The van der Waals surface area contributed by atoms with E-state index in [-0.39, 0.29) is 0 Å². The van der Waals surface area contributed by atoms with Gasteiger partial charge in [-0.3, -0.25) is 4.90 Å². The summed E-state index contributed by atoms with van der Waals surface area (Å²) >= 11 is 0. The van der Waals surface area contributed by atoms with Gasteiger partial charge in [0.2, 0.25) is 0 Å². The zero-order chi connectivity index (χ0) is 14.8. The van der Waals surface area contributed by atoms with Crippen LogP contribution in [-0.4, -0.2) is 48.1 Å². The van der Waals surface area contributed by atoms with E-state index in [1.807, 2.05) is 6.20 Å². The van der Waals surface area contributed by atoms with E-state index in [1.54, 1.807) is 0 Å². The van der Waals surface area contributed by atoms with Gasteiger partial charge in [0.1, 0.15) is 5.82 Å². The van der Waals surface area contributed by atoms with Gasteiger partial charge < -0.3 is 10.2 Å². The van der Waals surface area contributed by atoms with Crippen LogP contribution in [0.4, 0.5) is 5.82 Å². The second kappa shape index (κ2) is 6.32. The minimum atomic E-state index is 0.515. The van der Waals surface area contributed by atoms with Gasteiger partial charge in [0.25, 0.3) is 0 Å². The molecule has 0 spiro atoms. The summed E-state index contributed by atoms with van der Waals surface area (Å²) in [5, 5.41) is 3.44. The fourth-order valence-electron chi connectivity index (χ4n) is 3.55. The van der Waals surface area contributed by atoms with E-state index in [2.05, 4.69) is 48.1 Å². The summed E-state index contributed by atoms with van der Waals surface area (Å²) in [6.07, 6.45) is 6.01. The number of anilines is 1. The van der Waals surface area contributed by atoms with Crippen molar-refractivity contribution in [2.75, 3.05) is 25.0 Å². The van der Waals surface area contributed by atoms with Gasteiger partial charge in [0.05, 0.1) is 0 Å². The molecule has 0 amide bonds. The fraction of sp³-hybridized carbons (Fsp3) is 0.706. The highest BCUT2D eigenvalue weighted by molar-refractivity contribution is 5.40. The number of hydrogen-bond donors (Lipinski definition) is 1. The van der Waals surface area contributed by atoms with Crippen molar-refractivity contribution in [2.24, 2.45) is 0 Å². The van der Waals surface area contributed by atoms with Gasteiger partial charge in [-0.2, -0.15) is 0 Å². The molecular formula is C17H28N4. The van der Waals surface area contributed by atoms with E-state index in [4.69, 9.17) is 4.98 Å². The number of nitrogens with one attached hydrogen (secondary N) is 1. The molecule has 1 aromatic rings. The molecule has 2 unspecified atom stereocenters. The topological polar surface area (TPSA) is 31.4 Å². The minimum Gasteiger partial charge on any atom is -0.355 e. The predicted octanol–water partition coefficient (Wildman–Crippen LogP) is 2.25. The minimum absolute atomic E-state index is 0.515. The average Bonchev–Trinajstić information content (AvgIpc) is 2.71. The molecule has 2 bridgehead atoms. The van der Waals surface area contributed by atoms with Gasteiger partial charge in [-0.05, 0) is 37.9 Å². The Morgan fingerprint density at radius 1 is 1.24 bits per heavy atom. The lowest BCUT2D eigenvalue weighted by Crippen LogP contribution is -2.36. The highest BCUT2D eigenvalue weighted by Gasteiger charge is 2.34. The lowest BCUT2D eigenvalue weighted by molar-refractivity contribution is 0.254. The van der Waals surface area contributed by atoms with E-state index in [1.165, 1.54) is 24.8 Å². The third-order valence-electron chi connectivity index (χ3n) is 5.00. The number of aromatic nitrogens is 1. The molecule has 2 aliphatic rings. The van der Waals surface area contributed by atoms with E-state index < -0.39 is 0 Å². The third-order valence-corrected chi connectivity index (χ3v) is 5.00. The van der Waals surface area contributed by atoms with Crippen molar-refractivity contribution in [3.63, 3.8) is 0 Å². The fourth-order valence-corrected chi connectivity index (χ4v) is 3.55. The zero-order valence-electron chi connectivity index (χ0n) is 13.5. The molecule has 4 nitrogen and oxygen atoms in total. The van der Waals surface area contributed by atoms with Gasteiger partial charge in [-0.1, -0.05) is 19.9 Å². The molecule has 116 valence electrons. The molecule has 1 N–H and O–H groups in total. The van der Waals surface area contributed by atoms with Crippen molar-refractivity contribution < 1.29 is 0 Å². The summed E-state index contributed by atoms with van der Waals surface area (Å²) < 4.78 is 0. The van der Waals surface area contributed by atoms with Crippen LogP contribution in [0.25, 0.3) is 0 Å². The van der Waals surface area contributed by atoms with Crippen molar-refractivity contribution in [2.45, 2.75) is 57.8 Å². The Morgan fingerprint density at radius 2 is 2.05 bits per heavy atom. The summed E-state index contributed by atoms with van der Waals surface area (Å²) in [6.45, 7) is 7.51. The first-order valence-electron chi connectivity index (χ1n) is 8.28. The Labute approximate surface area is 128 Å². The number of hydrogen-bond acceptors (Lipinski definition) is 4. The first kappa shape index (κ1) is 14.8. The molecule has 0 radical (unpaired) electrons. The first-order valence-corrected chi connectivity index (χ1v) is 8.28. The van der Waals surface area contributed by atoms with E-state index in [9.17, 15) is 0 Å². The maximum Gasteiger partial charge on any atom is 0.128 e. The zero-order valence-corrected chi connectivity index (χ0v) is 13.5. The van der Waals surface area contributed by atoms with Crippen LogP contribution >= 0.6 is 0 Å². The summed E-state index contributed by atoms with van der Waals surface area (Å²) in [7, 11) is 2.29. The largest absolute Gasteiger partial charge is 0.355 e. The molecule has 2 aliphatic heterocycles. The predicted molar refractivity (Wildman–Crippen MR) is 87.6 cm³/mol. The number of nitrogens with zero attached hydrogens (tertiary/aromatic N) is 3. The molecule has 3 rings (SSSR count). The maximum atomic E-state index is 4.70. The Balaban J connectivity index is 1.64. The molecular weight excluding hydrogens is 260 g/mol. The quantitative estimate of drug-likeness (QED) is 0.921. The van der Waals surface area contributed by atoms with Crippen molar-refractivity contribution >= 4 is 5.82 Å². The molecule has 2 atom stereocenters. The van der Waals surface area contributed by atoms with Crippen LogP contribution < -0.4 is 10.2 Å². The maximum absolute atomic E-state index is 4.70. The summed E-state index contributed by atoms with van der Waals surface area (Å²) in [5.74, 6) is 1.14. The molecule has 1 aromatic heterocycles. The van der Waals surface area contributed by atoms with Crippen molar-refractivity contribution in [3.8, 4) is 0 Å². The normalized spacial score (nSPS) is 26.4. The number of pyridine rings is 1. The molecule has 3 heterocycles. The second-order valence-electron chi connectivity index (χ2n) is 6.85. The van der Waals surface area contributed by atoms with Crippen LogP contribution in [0.15, 0.2) is 18.3 Å². The average molecular weight is 288 g/mol. The Kier molecular flexibility index (Phi) is 4.45. The van der Waals surface area contributed by atoms with Crippen molar-refractivity contribution in [1.82, 2.24) is 15.2 Å². The van der Waals surface area contributed by atoms with E-state index in [0.29, 0.717) is 12.1 Å². The number of likely N-dealkylation sites (N-methyl/N-ethyl adjacent to an activating group) is 1. The van der Waals surface area contributed by atoms with Crippen LogP contribution in [0.1, 0.15) is 38.7 Å². The monoisotopic (exact) mass is 288 g/mol. The lowest BCUT2D eigenvalue weighted by Gasteiger charge is -2.26. The van der Waals surface area contributed by atoms with Gasteiger partial charge in [0.15, 0.2) is 0 Å². The van der Waals surface area contributed by atoms with Crippen LogP contribution in [0.5, 0.6) is 0 Å². The van der Waals surface area contributed by atoms with E-state index >= 15 is 0 Å². The first-order chi connectivity index (χ1) is 10.1. The molecule has 21 heavy (non-hydrogen) atoms. The van der Waals surface area contributed by atoms with Gasteiger partial charge in [-0.15, -0.1) is 0 Å². The second-order valence-corrected chi connectivity index (χ2v) is 6.85. The third kappa shape index (κ3) is 3.38. The van der Waals surface area contributed by atoms with Crippen LogP contribution in [-0.2, 0) is 6.54 Å². The van der Waals surface area contributed by atoms with Crippen LogP contribution in [0.3, 0.4) is 0 Å². The van der Waals surface area contributed by atoms with Crippen molar-refractivity contribution in [3.05, 3.63) is 23.9 Å². The molecule has 0 aliphatic carbocycles. The number of rotatable bonds is 4. The van der Waals surface area contributed by atoms with Crippen molar-refractivity contribution in [1.29, 1.82) is 0 Å². The molecule has 0 aromatic carbocycles. The summed E-state index contributed by atoms with van der Waals surface area (Å²) in [6, 6.07) is 6.42. The Hall–Kier alpha value is -1.13. The van der Waals surface area contributed by atoms with Crippen LogP contribution in [0.2, 0.25) is 0 Å². The summed E-state index contributed by atoms with van der Waals surface area (Å²) in [5.41, 5.74) is 1.26. The number of fused-ring (bicyclic) bond motifs is 2. The highest BCUT2D eigenvalue weighted by atomic mass is 15.3. The molecule has 2 saturated heterocycles. The SMILES string of the molecule is CC(C)NCc1ccc(N2CCC3CCC(C2)N3C)nc1. The Morgan fingerprint density at radius 3 is 2.76 bits per heavy atom. The Bertz CT molecular complexity index is 456. The molecule has 4 heteroatoms. The molecule has 0 saturated carbocycles. The van der Waals surface area contributed by atoms with Gasteiger partial charge in [-0.25, -0.2) is 4.98 Å². The van der Waals surface area contributed by atoms with E-state index in [0.717, 1.165) is 31.5 Å². The van der Waals surface area contributed by atoms with Crippen LogP contribution in [0, 0.1) is 0 Å².